The van der Waals surface area contributed by atoms with Crippen LogP contribution in [0.1, 0.15) is 48.4 Å². The Hall–Kier alpha value is -0.350. The van der Waals surface area contributed by atoms with Crippen molar-refractivity contribution in [2.75, 3.05) is 0 Å². The van der Waals surface area contributed by atoms with Crippen molar-refractivity contribution in [3.8, 4) is 0 Å². The molecule has 2 heterocycles. The molecule has 108 valence electrons. The maximum atomic E-state index is 6.13. The van der Waals surface area contributed by atoms with Gasteiger partial charge in [-0.3, -0.25) is 0 Å². The Labute approximate surface area is 134 Å². The van der Waals surface area contributed by atoms with Crippen LogP contribution in [0.2, 0.25) is 4.34 Å². The van der Waals surface area contributed by atoms with Crippen LogP contribution >= 0.6 is 34.3 Å². The fraction of sp³-hybridized carbons (Fsp3) is 0.500. The average Bonchev–Trinajstić information content (AvgIpc) is 3.09. The third-order valence-electron chi connectivity index (χ3n) is 4.20. The first-order valence-electron chi connectivity index (χ1n) is 7.28. The maximum absolute atomic E-state index is 6.13. The third-order valence-corrected chi connectivity index (χ3v) is 6.43. The van der Waals surface area contributed by atoms with Gasteiger partial charge in [-0.2, -0.15) is 0 Å². The third kappa shape index (κ3) is 3.28. The molecule has 1 aliphatic rings. The quantitative estimate of drug-likeness (QED) is 0.758. The van der Waals surface area contributed by atoms with Gasteiger partial charge in [-0.05, 0) is 42.3 Å². The predicted molar refractivity (Wildman–Crippen MR) is 90.0 cm³/mol. The highest BCUT2D eigenvalue weighted by Gasteiger charge is 2.26. The molecule has 0 saturated heterocycles. The van der Waals surface area contributed by atoms with Crippen molar-refractivity contribution >= 4 is 34.3 Å². The highest BCUT2D eigenvalue weighted by molar-refractivity contribution is 7.16. The van der Waals surface area contributed by atoms with E-state index in [9.17, 15) is 0 Å². The molecule has 1 aliphatic carbocycles. The first-order chi connectivity index (χ1) is 9.74. The van der Waals surface area contributed by atoms with Crippen LogP contribution in [0, 0.1) is 5.92 Å². The Bertz CT molecular complexity index is 534. The second-order valence-electron chi connectivity index (χ2n) is 5.63. The monoisotopic (exact) mass is 325 g/mol. The molecule has 0 amide bonds. The standard InChI is InChI=1S/C16H20ClNS2/c1-11-5-2-3-6-12(11)18-16(13-7-4-10-19-13)14-8-9-15(17)20-14/h4,7-12,16,18H,2-3,5-6H2,1H3. The topological polar surface area (TPSA) is 12.0 Å². The molecule has 4 heteroatoms. The highest BCUT2D eigenvalue weighted by Crippen LogP contribution is 2.35. The zero-order valence-electron chi connectivity index (χ0n) is 11.6. The molecule has 2 aromatic rings. The largest absolute Gasteiger partial charge is 0.302 e. The molecule has 0 bridgehead atoms. The summed E-state index contributed by atoms with van der Waals surface area (Å²) in [4.78, 5) is 2.72. The molecule has 3 rings (SSSR count). The smallest absolute Gasteiger partial charge is 0.0931 e. The van der Waals surface area contributed by atoms with E-state index in [1.165, 1.54) is 35.4 Å². The number of thiophene rings is 2. The van der Waals surface area contributed by atoms with Crippen molar-refractivity contribution in [3.05, 3.63) is 43.7 Å². The zero-order valence-corrected chi connectivity index (χ0v) is 14.0. The summed E-state index contributed by atoms with van der Waals surface area (Å²) in [6.07, 6.45) is 5.38. The molecule has 0 spiro atoms. The van der Waals surface area contributed by atoms with Gasteiger partial charge in [0.15, 0.2) is 0 Å². The fourth-order valence-electron chi connectivity index (χ4n) is 3.02. The van der Waals surface area contributed by atoms with E-state index in [4.69, 9.17) is 11.6 Å². The van der Waals surface area contributed by atoms with Gasteiger partial charge in [-0.1, -0.05) is 37.4 Å². The zero-order chi connectivity index (χ0) is 13.9. The van der Waals surface area contributed by atoms with E-state index in [2.05, 4.69) is 35.8 Å². The van der Waals surface area contributed by atoms with Crippen molar-refractivity contribution in [2.24, 2.45) is 5.92 Å². The summed E-state index contributed by atoms with van der Waals surface area (Å²) in [7, 11) is 0. The summed E-state index contributed by atoms with van der Waals surface area (Å²) in [6, 6.07) is 9.46. The molecule has 1 fully saturated rings. The molecule has 20 heavy (non-hydrogen) atoms. The number of hydrogen-bond donors (Lipinski definition) is 1. The highest BCUT2D eigenvalue weighted by atomic mass is 35.5. The molecule has 2 aromatic heterocycles. The number of hydrogen-bond acceptors (Lipinski definition) is 3. The predicted octanol–water partition coefficient (Wildman–Crippen LogP) is 5.72. The van der Waals surface area contributed by atoms with Crippen LogP contribution in [0.4, 0.5) is 0 Å². The second-order valence-corrected chi connectivity index (χ2v) is 8.35. The van der Waals surface area contributed by atoms with Crippen LogP contribution in [0.3, 0.4) is 0 Å². The van der Waals surface area contributed by atoms with Crippen molar-refractivity contribution in [1.29, 1.82) is 0 Å². The minimum atomic E-state index is 0.304. The molecule has 3 atom stereocenters. The fourth-order valence-corrected chi connectivity index (χ4v) is 5.04. The Balaban J connectivity index is 1.82. The van der Waals surface area contributed by atoms with E-state index in [0.29, 0.717) is 12.1 Å². The van der Waals surface area contributed by atoms with Gasteiger partial charge >= 0.3 is 0 Å². The van der Waals surface area contributed by atoms with Crippen molar-refractivity contribution < 1.29 is 0 Å². The summed E-state index contributed by atoms with van der Waals surface area (Å²) < 4.78 is 0.875. The Morgan fingerprint density at radius 1 is 1.20 bits per heavy atom. The first-order valence-corrected chi connectivity index (χ1v) is 9.36. The van der Waals surface area contributed by atoms with E-state index in [1.807, 2.05) is 17.4 Å². The molecule has 0 radical (unpaired) electrons. The molecular weight excluding hydrogens is 306 g/mol. The number of nitrogens with one attached hydrogen (secondary N) is 1. The van der Waals surface area contributed by atoms with Gasteiger partial charge in [-0.25, -0.2) is 0 Å². The van der Waals surface area contributed by atoms with Crippen LogP contribution < -0.4 is 5.32 Å². The summed E-state index contributed by atoms with van der Waals surface area (Å²) in [5, 5.41) is 6.06. The van der Waals surface area contributed by atoms with Crippen LogP contribution in [-0.2, 0) is 0 Å². The lowest BCUT2D eigenvalue weighted by Gasteiger charge is -2.32. The summed E-state index contributed by atoms with van der Waals surface area (Å²) in [6.45, 7) is 2.38. The maximum Gasteiger partial charge on any atom is 0.0931 e. The molecule has 1 N–H and O–H groups in total. The Kier molecular flexibility index (Phi) is 4.82. The second kappa shape index (κ2) is 6.61. The van der Waals surface area contributed by atoms with E-state index < -0.39 is 0 Å². The van der Waals surface area contributed by atoms with Gasteiger partial charge in [0.2, 0.25) is 0 Å². The van der Waals surface area contributed by atoms with Crippen molar-refractivity contribution in [1.82, 2.24) is 5.32 Å². The van der Waals surface area contributed by atoms with Crippen LogP contribution in [0.5, 0.6) is 0 Å². The van der Waals surface area contributed by atoms with Crippen LogP contribution in [0.15, 0.2) is 29.6 Å². The van der Waals surface area contributed by atoms with E-state index >= 15 is 0 Å². The van der Waals surface area contributed by atoms with Gasteiger partial charge < -0.3 is 5.32 Å². The number of halogens is 1. The summed E-state index contributed by atoms with van der Waals surface area (Å²) in [5.74, 6) is 0.765. The normalized spacial score (nSPS) is 24.7. The summed E-state index contributed by atoms with van der Waals surface area (Å²) in [5.41, 5.74) is 0. The van der Waals surface area contributed by atoms with Gasteiger partial charge in [0.25, 0.3) is 0 Å². The van der Waals surface area contributed by atoms with E-state index in [0.717, 1.165) is 10.3 Å². The molecule has 0 aromatic carbocycles. The molecule has 1 saturated carbocycles. The molecule has 0 aliphatic heterocycles. The average molecular weight is 326 g/mol. The molecule has 3 unspecified atom stereocenters. The summed E-state index contributed by atoms with van der Waals surface area (Å²) >= 11 is 9.65. The van der Waals surface area contributed by atoms with Crippen LogP contribution in [-0.4, -0.2) is 6.04 Å². The molecule has 1 nitrogen and oxygen atoms in total. The molecular formula is C16H20ClNS2. The lowest BCUT2D eigenvalue weighted by molar-refractivity contribution is 0.270. The number of rotatable bonds is 4. The van der Waals surface area contributed by atoms with E-state index in [-0.39, 0.29) is 0 Å². The lowest BCUT2D eigenvalue weighted by Crippen LogP contribution is -2.39. The Morgan fingerprint density at radius 2 is 2.05 bits per heavy atom. The Morgan fingerprint density at radius 3 is 2.70 bits per heavy atom. The van der Waals surface area contributed by atoms with Crippen LogP contribution in [0.25, 0.3) is 0 Å². The van der Waals surface area contributed by atoms with E-state index in [1.54, 1.807) is 11.3 Å². The van der Waals surface area contributed by atoms with Gasteiger partial charge in [-0.15, -0.1) is 22.7 Å². The first kappa shape index (κ1) is 14.6. The van der Waals surface area contributed by atoms with Gasteiger partial charge in [0.05, 0.1) is 10.4 Å². The lowest BCUT2D eigenvalue weighted by atomic mass is 9.85. The minimum absolute atomic E-state index is 0.304. The minimum Gasteiger partial charge on any atom is -0.302 e. The van der Waals surface area contributed by atoms with Crippen molar-refractivity contribution in [3.63, 3.8) is 0 Å². The van der Waals surface area contributed by atoms with Crippen molar-refractivity contribution in [2.45, 2.75) is 44.7 Å². The van der Waals surface area contributed by atoms with Gasteiger partial charge in [0.1, 0.15) is 0 Å². The van der Waals surface area contributed by atoms with Gasteiger partial charge in [0, 0.05) is 15.8 Å². The SMILES string of the molecule is CC1CCCCC1NC(c1cccs1)c1ccc(Cl)s1.